The Morgan fingerprint density at radius 1 is 0.348 bits per heavy atom. The van der Waals surface area contributed by atoms with Crippen LogP contribution >= 0.6 is 0 Å². The van der Waals surface area contributed by atoms with Crippen molar-refractivity contribution < 1.29 is 24.5 Å². The summed E-state index contributed by atoms with van der Waals surface area (Å²) in [5.74, 6) is -0.0105. The molecular formula is C63H125NO5. The maximum atomic E-state index is 12.4. The van der Waals surface area contributed by atoms with Gasteiger partial charge >= 0.3 is 5.97 Å². The van der Waals surface area contributed by atoms with Gasteiger partial charge in [-0.2, -0.15) is 0 Å². The van der Waals surface area contributed by atoms with Crippen molar-refractivity contribution in [1.82, 2.24) is 5.32 Å². The average molecular weight is 977 g/mol. The Bertz CT molecular complexity index is 990. The van der Waals surface area contributed by atoms with Gasteiger partial charge in [-0.3, -0.25) is 9.59 Å². The van der Waals surface area contributed by atoms with Crippen molar-refractivity contribution in [2.45, 2.75) is 379 Å². The number of unbranched alkanes of at least 4 members (excludes halogenated alkanes) is 49. The first kappa shape index (κ1) is 67.9. The molecule has 0 aliphatic heterocycles. The van der Waals surface area contributed by atoms with E-state index in [0.29, 0.717) is 25.9 Å². The summed E-state index contributed by atoms with van der Waals surface area (Å²) in [6, 6.07) is -0.537. The topological polar surface area (TPSA) is 95.9 Å². The summed E-state index contributed by atoms with van der Waals surface area (Å²) in [6.45, 7) is 4.98. The van der Waals surface area contributed by atoms with E-state index < -0.39 is 12.1 Å². The summed E-state index contributed by atoms with van der Waals surface area (Å²) in [5.41, 5.74) is 0. The summed E-state index contributed by atoms with van der Waals surface area (Å²) in [6.07, 6.45) is 69.9. The monoisotopic (exact) mass is 976 g/mol. The van der Waals surface area contributed by atoms with Crippen molar-refractivity contribution in [3.63, 3.8) is 0 Å². The lowest BCUT2D eigenvalue weighted by Crippen LogP contribution is -2.45. The fourth-order valence-electron chi connectivity index (χ4n) is 10.3. The van der Waals surface area contributed by atoms with Crippen LogP contribution in [0, 0.1) is 0 Å². The Labute approximate surface area is 432 Å². The molecule has 0 saturated carbocycles. The van der Waals surface area contributed by atoms with E-state index in [1.807, 2.05) is 0 Å². The normalized spacial score (nSPS) is 12.5. The molecule has 1 amide bonds. The molecule has 0 radical (unpaired) electrons. The van der Waals surface area contributed by atoms with Crippen LogP contribution in [0.3, 0.4) is 0 Å². The van der Waals surface area contributed by atoms with Crippen molar-refractivity contribution in [1.29, 1.82) is 0 Å². The number of ether oxygens (including phenoxy) is 1. The molecule has 0 aromatic carbocycles. The highest BCUT2D eigenvalue weighted by molar-refractivity contribution is 5.76. The minimum atomic E-state index is -0.660. The quantitative estimate of drug-likeness (QED) is 0.0417. The van der Waals surface area contributed by atoms with Crippen molar-refractivity contribution in [3.8, 4) is 0 Å². The standard InChI is InChI=1S/C63H125NO5/c1-3-5-7-9-11-13-15-16-29-33-37-41-45-49-53-57-63(68)69-58-54-50-46-42-38-34-31-28-26-24-22-20-18-17-19-21-23-25-27-30-32-36-40-44-48-52-56-62(67)64-60(59-65)61(66)55-51-47-43-39-35-14-12-10-8-6-4-2/h60-61,65-66H,3-59H2,1-2H3,(H,64,67). The van der Waals surface area contributed by atoms with Crippen molar-refractivity contribution >= 4 is 11.9 Å². The Morgan fingerprint density at radius 3 is 0.884 bits per heavy atom. The third-order valence-corrected chi connectivity index (χ3v) is 15.2. The second-order valence-electron chi connectivity index (χ2n) is 22.1. The zero-order valence-corrected chi connectivity index (χ0v) is 47.1. The summed E-state index contributed by atoms with van der Waals surface area (Å²) in [5, 5.41) is 23.2. The SMILES string of the molecule is CCCCCCCCCCCCCCCCCC(=O)OCCCCCCCCCCCCCCCCCCCCCCCCCCCCC(=O)NC(CO)C(O)CCCCCCCCCCCCC. The van der Waals surface area contributed by atoms with Crippen molar-refractivity contribution in [2.24, 2.45) is 0 Å². The van der Waals surface area contributed by atoms with Crippen LogP contribution in [0.5, 0.6) is 0 Å². The van der Waals surface area contributed by atoms with E-state index in [-0.39, 0.29) is 18.5 Å². The molecule has 0 spiro atoms. The fraction of sp³-hybridized carbons (Fsp3) is 0.968. The molecule has 0 aliphatic carbocycles. The van der Waals surface area contributed by atoms with Gasteiger partial charge in [-0.15, -0.1) is 0 Å². The van der Waals surface area contributed by atoms with E-state index in [0.717, 1.165) is 38.5 Å². The average Bonchev–Trinajstić information content (AvgIpc) is 3.35. The molecule has 6 heteroatoms. The molecule has 0 bridgehead atoms. The zero-order valence-electron chi connectivity index (χ0n) is 47.1. The maximum absolute atomic E-state index is 12.4. The zero-order chi connectivity index (χ0) is 50.0. The molecule has 6 nitrogen and oxygen atoms in total. The number of esters is 1. The molecule has 3 N–H and O–H groups in total. The molecule has 0 aromatic heterocycles. The fourth-order valence-corrected chi connectivity index (χ4v) is 10.3. The van der Waals surface area contributed by atoms with Gasteiger partial charge in [0, 0.05) is 12.8 Å². The second-order valence-corrected chi connectivity index (χ2v) is 22.1. The number of amides is 1. The minimum Gasteiger partial charge on any atom is -0.466 e. The van der Waals surface area contributed by atoms with Crippen LogP contribution in [0.4, 0.5) is 0 Å². The largest absolute Gasteiger partial charge is 0.466 e. The predicted octanol–water partition coefficient (Wildman–Crippen LogP) is 19.9. The van der Waals surface area contributed by atoms with E-state index in [4.69, 9.17) is 4.74 Å². The highest BCUT2D eigenvalue weighted by Gasteiger charge is 2.20. The van der Waals surface area contributed by atoms with Gasteiger partial charge in [0.2, 0.25) is 5.91 Å². The Kier molecular flexibility index (Phi) is 58.4. The van der Waals surface area contributed by atoms with Crippen LogP contribution in [0.25, 0.3) is 0 Å². The third-order valence-electron chi connectivity index (χ3n) is 15.2. The van der Waals surface area contributed by atoms with Gasteiger partial charge < -0.3 is 20.3 Å². The van der Waals surface area contributed by atoms with Crippen LogP contribution in [0.2, 0.25) is 0 Å². The van der Waals surface area contributed by atoms with Gasteiger partial charge in [0.05, 0.1) is 25.4 Å². The first-order valence-electron chi connectivity index (χ1n) is 31.8. The van der Waals surface area contributed by atoms with E-state index >= 15 is 0 Å². The van der Waals surface area contributed by atoms with Crippen LogP contribution in [0.15, 0.2) is 0 Å². The molecule has 0 saturated heterocycles. The highest BCUT2D eigenvalue weighted by atomic mass is 16.5. The predicted molar refractivity (Wildman–Crippen MR) is 301 cm³/mol. The first-order chi connectivity index (χ1) is 34.0. The number of aliphatic hydroxyl groups is 2. The molecule has 0 rings (SSSR count). The van der Waals surface area contributed by atoms with Gasteiger partial charge in [0.1, 0.15) is 0 Å². The van der Waals surface area contributed by atoms with E-state index in [2.05, 4.69) is 19.2 Å². The minimum absolute atomic E-state index is 0.0210. The van der Waals surface area contributed by atoms with Gasteiger partial charge in [-0.05, 0) is 25.7 Å². The van der Waals surface area contributed by atoms with E-state index in [1.165, 1.54) is 295 Å². The van der Waals surface area contributed by atoms with E-state index in [9.17, 15) is 19.8 Å². The smallest absolute Gasteiger partial charge is 0.305 e. The van der Waals surface area contributed by atoms with Crippen LogP contribution in [-0.2, 0) is 14.3 Å². The molecule has 0 fully saturated rings. The van der Waals surface area contributed by atoms with Gasteiger partial charge in [-0.25, -0.2) is 0 Å². The number of carbonyl (C=O) groups excluding carboxylic acids is 2. The second kappa shape index (κ2) is 59.4. The third kappa shape index (κ3) is 56.0. The number of carbonyl (C=O) groups is 2. The number of rotatable bonds is 60. The maximum Gasteiger partial charge on any atom is 0.305 e. The summed E-state index contributed by atoms with van der Waals surface area (Å²) < 4.78 is 5.49. The molecule has 0 heterocycles. The first-order valence-corrected chi connectivity index (χ1v) is 31.8. The molecular weight excluding hydrogens is 851 g/mol. The van der Waals surface area contributed by atoms with Crippen LogP contribution < -0.4 is 5.32 Å². The van der Waals surface area contributed by atoms with Gasteiger partial charge in [0.25, 0.3) is 0 Å². The highest BCUT2D eigenvalue weighted by Crippen LogP contribution is 2.19. The number of hydrogen-bond acceptors (Lipinski definition) is 5. The summed E-state index contributed by atoms with van der Waals surface area (Å²) in [4.78, 5) is 24.5. The number of hydrogen-bond donors (Lipinski definition) is 3. The lowest BCUT2D eigenvalue weighted by molar-refractivity contribution is -0.143. The molecule has 2 atom stereocenters. The number of aliphatic hydroxyl groups excluding tert-OH is 2. The molecule has 0 aliphatic rings. The van der Waals surface area contributed by atoms with Crippen molar-refractivity contribution in [2.75, 3.05) is 13.2 Å². The molecule has 412 valence electrons. The van der Waals surface area contributed by atoms with Crippen LogP contribution in [0.1, 0.15) is 367 Å². The lowest BCUT2D eigenvalue weighted by atomic mass is 10.0. The Hall–Kier alpha value is -1.14. The van der Waals surface area contributed by atoms with Gasteiger partial charge in [0.15, 0.2) is 0 Å². The molecule has 69 heavy (non-hydrogen) atoms. The molecule has 0 aromatic rings. The summed E-state index contributed by atoms with van der Waals surface area (Å²) >= 11 is 0. The summed E-state index contributed by atoms with van der Waals surface area (Å²) in [7, 11) is 0. The van der Waals surface area contributed by atoms with Gasteiger partial charge in [-0.1, -0.05) is 328 Å². The van der Waals surface area contributed by atoms with E-state index in [1.54, 1.807) is 0 Å². The van der Waals surface area contributed by atoms with Crippen molar-refractivity contribution in [3.05, 3.63) is 0 Å². The molecule has 2 unspecified atom stereocenters. The lowest BCUT2D eigenvalue weighted by Gasteiger charge is -2.22. The Morgan fingerprint density at radius 2 is 0.594 bits per heavy atom. The number of nitrogens with one attached hydrogen (secondary N) is 1. The van der Waals surface area contributed by atoms with Crippen LogP contribution in [-0.4, -0.2) is 47.4 Å². The Balaban J connectivity index is 3.31.